The number of halogens is 3. The third-order valence-corrected chi connectivity index (χ3v) is 3.12. The van der Waals surface area contributed by atoms with Gasteiger partial charge in [0.1, 0.15) is 17.4 Å². The lowest BCUT2D eigenvalue weighted by atomic mass is 10.2. The van der Waals surface area contributed by atoms with Crippen molar-refractivity contribution in [1.29, 1.82) is 0 Å². The molecule has 0 amide bonds. The van der Waals surface area contributed by atoms with E-state index in [1.54, 1.807) is 18.3 Å². The van der Waals surface area contributed by atoms with Gasteiger partial charge in [-0.3, -0.25) is 4.99 Å². The van der Waals surface area contributed by atoms with Crippen LogP contribution in [0, 0.1) is 0 Å². The fraction of sp³-hybridized carbons (Fsp3) is 0.294. The van der Waals surface area contributed by atoms with Crippen LogP contribution < -0.4 is 10.1 Å². The molecular weight excluding hydrogens is 319 g/mol. The van der Waals surface area contributed by atoms with Crippen molar-refractivity contribution in [3.63, 3.8) is 0 Å². The number of hydrogen-bond acceptors (Lipinski definition) is 3. The zero-order chi connectivity index (χ0) is 17.6. The third kappa shape index (κ3) is 5.57. The molecule has 1 aromatic rings. The van der Waals surface area contributed by atoms with Crippen LogP contribution in [0.1, 0.15) is 25.3 Å². The van der Waals surface area contributed by atoms with Gasteiger partial charge < -0.3 is 10.1 Å². The molecule has 7 heteroatoms. The van der Waals surface area contributed by atoms with Gasteiger partial charge in [-0.1, -0.05) is 25.6 Å². The van der Waals surface area contributed by atoms with Gasteiger partial charge in [0.05, 0.1) is 6.54 Å². The second kappa shape index (κ2) is 7.81. The fourth-order valence-corrected chi connectivity index (χ4v) is 2.06. The Morgan fingerprint density at radius 1 is 1.38 bits per heavy atom. The number of nitrogens with one attached hydrogen (secondary N) is 1. The predicted molar refractivity (Wildman–Crippen MR) is 88.0 cm³/mol. The fourth-order valence-electron chi connectivity index (χ4n) is 2.06. The lowest BCUT2D eigenvalue weighted by Gasteiger charge is -2.11. The minimum atomic E-state index is -4.70. The van der Waals surface area contributed by atoms with Gasteiger partial charge in [-0.05, 0) is 30.2 Å². The first kappa shape index (κ1) is 17.8. The van der Waals surface area contributed by atoms with E-state index in [0.717, 1.165) is 12.0 Å². The first-order chi connectivity index (χ1) is 11.4. The molecule has 0 unspecified atom stereocenters. The molecule has 1 aliphatic rings. The highest BCUT2D eigenvalue weighted by molar-refractivity contribution is 6.11. The summed E-state index contributed by atoms with van der Waals surface area (Å²) in [6.07, 6.45) is 0.294. The second-order valence-electron chi connectivity index (χ2n) is 5.15. The van der Waals surface area contributed by atoms with Crippen molar-refractivity contribution in [2.24, 2.45) is 9.98 Å². The Labute approximate surface area is 138 Å². The predicted octanol–water partition coefficient (Wildman–Crippen LogP) is 4.36. The Kier molecular flexibility index (Phi) is 5.78. The molecule has 0 fully saturated rings. The highest BCUT2D eigenvalue weighted by atomic mass is 19.4. The molecule has 0 saturated carbocycles. The van der Waals surface area contributed by atoms with Gasteiger partial charge in [-0.25, -0.2) is 4.99 Å². The van der Waals surface area contributed by atoms with Crippen molar-refractivity contribution in [2.75, 3.05) is 0 Å². The van der Waals surface area contributed by atoms with Gasteiger partial charge in [-0.2, -0.15) is 0 Å². The van der Waals surface area contributed by atoms with E-state index in [1.165, 1.54) is 18.2 Å². The van der Waals surface area contributed by atoms with Crippen molar-refractivity contribution in [3.05, 3.63) is 54.3 Å². The normalized spacial score (nSPS) is 14.8. The van der Waals surface area contributed by atoms with Crippen LogP contribution in [0.25, 0.3) is 0 Å². The average molecular weight is 337 g/mol. The van der Waals surface area contributed by atoms with E-state index in [9.17, 15) is 13.2 Å². The van der Waals surface area contributed by atoms with Crippen LogP contribution in [0.4, 0.5) is 13.2 Å². The van der Waals surface area contributed by atoms with Crippen LogP contribution in [0.3, 0.4) is 0 Å². The lowest BCUT2D eigenvalue weighted by Crippen LogP contribution is -2.30. The minimum Gasteiger partial charge on any atom is -0.406 e. The van der Waals surface area contributed by atoms with Crippen LogP contribution in [-0.4, -0.2) is 18.0 Å². The van der Waals surface area contributed by atoms with Crippen molar-refractivity contribution in [2.45, 2.75) is 32.7 Å². The van der Waals surface area contributed by atoms with Gasteiger partial charge in [0.15, 0.2) is 0 Å². The van der Waals surface area contributed by atoms with E-state index in [0.29, 0.717) is 23.7 Å². The van der Waals surface area contributed by atoms with Crippen molar-refractivity contribution in [1.82, 2.24) is 5.32 Å². The quantitative estimate of drug-likeness (QED) is 0.641. The molecule has 1 aliphatic heterocycles. The van der Waals surface area contributed by atoms with Crippen LogP contribution in [-0.2, 0) is 6.54 Å². The summed E-state index contributed by atoms with van der Waals surface area (Å²) < 4.78 is 40.7. The summed E-state index contributed by atoms with van der Waals surface area (Å²) in [5.41, 5.74) is 1.39. The van der Waals surface area contributed by atoms with E-state index >= 15 is 0 Å². The van der Waals surface area contributed by atoms with Gasteiger partial charge in [0.25, 0.3) is 0 Å². The molecule has 0 radical (unpaired) electrons. The molecule has 0 bridgehead atoms. The van der Waals surface area contributed by atoms with Gasteiger partial charge in [0.2, 0.25) is 0 Å². The molecule has 0 spiro atoms. The summed E-state index contributed by atoms with van der Waals surface area (Å²) in [4.78, 5) is 8.59. The second-order valence-corrected chi connectivity index (χ2v) is 5.15. The molecule has 0 atom stereocenters. The molecule has 1 aromatic carbocycles. The molecule has 24 heavy (non-hydrogen) atoms. The van der Waals surface area contributed by atoms with Gasteiger partial charge >= 0.3 is 6.36 Å². The minimum absolute atomic E-state index is 0.241. The Morgan fingerprint density at radius 3 is 2.79 bits per heavy atom. The molecule has 0 aliphatic carbocycles. The number of ether oxygens (including phenoxy) is 1. The molecule has 1 heterocycles. The van der Waals surface area contributed by atoms with Crippen LogP contribution in [0.5, 0.6) is 5.75 Å². The zero-order valence-electron chi connectivity index (χ0n) is 13.2. The van der Waals surface area contributed by atoms with Crippen LogP contribution >= 0.6 is 0 Å². The van der Waals surface area contributed by atoms with Crippen molar-refractivity contribution < 1.29 is 17.9 Å². The Hall–Kier alpha value is -2.57. The maximum atomic E-state index is 12.3. The Bertz CT molecular complexity index is 691. The smallest absolute Gasteiger partial charge is 0.406 e. The molecule has 0 aromatic heterocycles. The first-order valence-corrected chi connectivity index (χ1v) is 7.46. The maximum Gasteiger partial charge on any atom is 0.573 e. The highest BCUT2D eigenvalue weighted by Gasteiger charge is 2.31. The van der Waals surface area contributed by atoms with E-state index in [2.05, 4.69) is 26.6 Å². The van der Waals surface area contributed by atoms with E-state index in [-0.39, 0.29) is 12.3 Å². The number of amidine groups is 2. The molecular formula is C17H18F3N3O. The van der Waals surface area contributed by atoms with Gasteiger partial charge in [0, 0.05) is 18.2 Å². The van der Waals surface area contributed by atoms with Gasteiger partial charge in [-0.15, -0.1) is 13.2 Å². The largest absolute Gasteiger partial charge is 0.573 e. The number of hydrogen-bond donors (Lipinski definition) is 1. The molecule has 0 saturated heterocycles. The number of nitrogens with zero attached hydrogens (tertiary/aromatic N) is 2. The maximum absolute atomic E-state index is 12.3. The number of benzene rings is 1. The Balaban J connectivity index is 2.05. The summed E-state index contributed by atoms with van der Waals surface area (Å²) in [6, 6.07) is 5.79. The van der Waals surface area contributed by atoms with Crippen molar-refractivity contribution in [3.8, 4) is 5.75 Å². The SMILES string of the molecule is C=C1C=CN=C1NC(CCC)=NCc1cccc(OC(F)(F)F)c1. The third-order valence-electron chi connectivity index (χ3n) is 3.12. The lowest BCUT2D eigenvalue weighted by molar-refractivity contribution is -0.274. The topological polar surface area (TPSA) is 46.0 Å². The summed E-state index contributed by atoms with van der Waals surface area (Å²) in [5.74, 6) is 1.09. The van der Waals surface area contributed by atoms with Crippen LogP contribution in [0.15, 0.2) is 58.7 Å². The molecule has 2 rings (SSSR count). The average Bonchev–Trinajstić information content (AvgIpc) is 2.89. The first-order valence-electron chi connectivity index (χ1n) is 7.46. The monoisotopic (exact) mass is 337 g/mol. The summed E-state index contributed by atoms with van der Waals surface area (Å²) in [7, 11) is 0. The van der Waals surface area contributed by atoms with E-state index in [4.69, 9.17) is 0 Å². The Morgan fingerprint density at radius 2 is 2.17 bits per heavy atom. The summed E-state index contributed by atoms with van der Waals surface area (Å²) in [6.45, 7) is 6.11. The standard InChI is InChI=1S/C17H18F3N3O/c1-3-5-15(23-16-12(2)8-9-21-16)22-11-13-6-4-7-14(10-13)24-17(18,19)20/h4,6-10H,2-3,5,11H2,1H3,(H,21,22,23). The van der Waals surface area contributed by atoms with E-state index < -0.39 is 6.36 Å². The number of alkyl halides is 3. The number of aliphatic imine (C=N–C) groups is 2. The summed E-state index contributed by atoms with van der Waals surface area (Å²) >= 11 is 0. The van der Waals surface area contributed by atoms with E-state index in [1.807, 2.05) is 6.92 Å². The molecule has 4 nitrogen and oxygen atoms in total. The highest BCUT2D eigenvalue weighted by Crippen LogP contribution is 2.23. The summed E-state index contributed by atoms with van der Waals surface area (Å²) in [5, 5.41) is 3.12. The molecule has 128 valence electrons. The van der Waals surface area contributed by atoms with Crippen molar-refractivity contribution >= 4 is 11.7 Å². The van der Waals surface area contributed by atoms with Crippen LogP contribution in [0.2, 0.25) is 0 Å². The number of rotatable bonds is 5. The molecule has 1 N–H and O–H groups in total. The zero-order valence-corrected chi connectivity index (χ0v) is 13.2.